The van der Waals surface area contributed by atoms with Crippen molar-refractivity contribution in [3.8, 4) is 5.75 Å². The standard InChI is InChI=1S/C12H16OS/c1-8-5-4-6-9-7-10(14)12(2,3)13-11(8)9/h4-6,10,14H,7H2,1-3H3. The van der Waals surface area contributed by atoms with Crippen LogP contribution in [0.1, 0.15) is 25.0 Å². The van der Waals surface area contributed by atoms with Crippen LogP contribution in [-0.2, 0) is 6.42 Å². The Hall–Kier alpha value is -0.630. The molecule has 2 heteroatoms. The number of benzene rings is 1. The van der Waals surface area contributed by atoms with E-state index in [1.54, 1.807) is 0 Å². The van der Waals surface area contributed by atoms with E-state index >= 15 is 0 Å². The van der Waals surface area contributed by atoms with Crippen LogP contribution >= 0.6 is 12.6 Å². The van der Waals surface area contributed by atoms with E-state index in [4.69, 9.17) is 4.74 Å². The average molecular weight is 208 g/mol. The first-order valence-electron chi connectivity index (χ1n) is 4.96. The molecule has 0 saturated heterocycles. The van der Waals surface area contributed by atoms with E-state index in [0.29, 0.717) is 0 Å². The molecule has 1 aliphatic heterocycles. The van der Waals surface area contributed by atoms with E-state index in [2.05, 4.69) is 51.6 Å². The van der Waals surface area contributed by atoms with Gasteiger partial charge in [-0.1, -0.05) is 18.2 Å². The third-order valence-corrected chi connectivity index (χ3v) is 3.68. The van der Waals surface area contributed by atoms with Gasteiger partial charge in [0.1, 0.15) is 11.4 Å². The summed E-state index contributed by atoms with van der Waals surface area (Å²) in [6.07, 6.45) is 0.993. The predicted molar refractivity (Wildman–Crippen MR) is 62.4 cm³/mol. The Balaban J connectivity index is 2.46. The first-order chi connectivity index (χ1) is 6.50. The van der Waals surface area contributed by atoms with Crippen molar-refractivity contribution in [2.45, 2.75) is 38.0 Å². The highest BCUT2D eigenvalue weighted by Crippen LogP contribution is 2.37. The average Bonchev–Trinajstić information content (AvgIpc) is 2.09. The Morgan fingerprint density at radius 1 is 1.43 bits per heavy atom. The molecule has 0 spiro atoms. The molecule has 14 heavy (non-hydrogen) atoms. The van der Waals surface area contributed by atoms with Crippen molar-refractivity contribution in [1.82, 2.24) is 0 Å². The molecule has 0 bridgehead atoms. The molecule has 0 aliphatic carbocycles. The van der Waals surface area contributed by atoms with Crippen LogP contribution in [0, 0.1) is 6.92 Å². The van der Waals surface area contributed by atoms with E-state index in [-0.39, 0.29) is 10.9 Å². The Bertz CT molecular complexity index is 357. The van der Waals surface area contributed by atoms with Gasteiger partial charge in [0.2, 0.25) is 0 Å². The van der Waals surface area contributed by atoms with Gasteiger partial charge in [0, 0.05) is 5.25 Å². The number of fused-ring (bicyclic) bond motifs is 1. The summed E-state index contributed by atoms with van der Waals surface area (Å²) >= 11 is 4.58. The summed E-state index contributed by atoms with van der Waals surface area (Å²) in [5.74, 6) is 1.06. The van der Waals surface area contributed by atoms with Gasteiger partial charge in [-0.2, -0.15) is 12.6 Å². The van der Waals surface area contributed by atoms with E-state index in [9.17, 15) is 0 Å². The van der Waals surface area contributed by atoms with Crippen molar-refractivity contribution in [2.75, 3.05) is 0 Å². The van der Waals surface area contributed by atoms with Crippen LogP contribution in [0.4, 0.5) is 0 Å². The predicted octanol–water partition coefficient (Wildman–Crippen LogP) is 3.01. The zero-order chi connectivity index (χ0) is 10.3. The Morgan fingerprint density at radius 2 is 2.14 bits per heavy atom. The number of hydrogen-bond acceptors (Lipinski definition) is 2. The first kappa shape index (κ1) is 9.91. The van der Waals surface area contributed by atoms with Crippen LogP contribution in [-0.4, -0.2) is 10.9 Å². The largest absolute Gasteiger partial charge is 0.486 e. The molecule has 1 aromatic carbocycles. The lowest BCUT2D eigenvalue weighted by molar-refractivity contribution is 0.0910. The van der Waals surface area contributed by atoms with Gasteiger partial charge in [-0.25, -0.2) is 0 Å². The monoisotopic (exact) mass is 208 g/mol. The van der Waals surface area contributed by atoms with Gasteiger partial charge in [0.25, 0.3) is 0 Å². The Kier molecular flexibility index (Phi) is 2.26. The fourth-order valence-corrected chi connectivity index (χ4v) is 2.05. The number of para-hydroxylation sites is 1. The zero-order valence-corrected chi connectivity index (χ0v) is 9.77. The number of rotatable bonds is 0. The van der Waals surface area contributed by atoms with Crippen molar-refractivity contribution in [3.05, 3.63) is 29.3 Å². The molecule has 0 amide bonds. The van der Waals surface area contributed by atoms with E-state index < -0.39 is 0 Å². The molecule has 0 radical (unpaired) electrons. The number of hydrogen-bond donors (Lipinski definition) is 1. The minimum Gasteiger partial charge on any atom is -0.486 e. The van der Waals surface area contributed by atoms with Gasteiger partial charge in [-0.3, -0.25) is 0 Å². The van der Waals surface area contributed by atoms with Crippen LogP contribution < -0.4 is 4.74 Å². The van der Waals surface area contributed by atoms with Gasteiger partial charge in [-0.15, -0.1) is 0 Å². The summed E-state index contributed by atoms with van der Waals surface area (Å²) in [5.41, 5.74) is 2.34. The molecule has 0 N–H and O–H groups in total. The van der Waals surface area contributed by atoms with Crippen molar-refractivity contribution >= 4 is 12.6 Å². The molecule has 1 heterocycles. The maximum absolute atomic E-state index is 5.99. The summed E-state index contributed by atoms with van der Waals surface area (Å²) in [7, 11) is 0. The number of ether oxygens (including phenoxy) is 1. The van der Waals surface area contributed by atoms with E-state index in [1.165, 1.54) is 11.1 Å². The zero-order valence-electron chi connectivity index (χ0n) is 8.87. The van der Waals surface area contributed by atoms with Gasteiger partial charge < -0.3 is 4.74 Å². The lowest BCUT2D eigenvalue weighted by atomic mass is 9.92. The molecule has 2 rings (SSSR count). The molecule has 0 saturated carbocycles. The fourth-order valence-electron chi connectivity index (χ4n) is 1.81. The second kappa shape index (κ2) is 3.20. The van der Waals surface area contributed by atoms with Gasteiger partial charge in [-0.05, 0) is 38.3 Å². The maximum atomic E-state index is 5.99. The normalized spacial score (nSPS) is 23.9. The first-order valence-corrected chi connectivity index (χ1v) is 5.48. The number of aryl methyl sites for hydroxylation is 1. The van der Waals surface area contributed by atoms with Crippen LogP contribution in [0.25, 0.3) is 0 Å². The minimum atomic E-state index is -0.164. The van der Waals surface area contributed by atoms with Gasteiger partial charge >= 0.3 is 0 Å². The van der Waals surface area contributed by atoms with Gasteiger partial charge in [0.05, 0.1) is 0 Å². The second-order valence-corrected chi connectivity index (χ2v) is 5.11. The molecule has 0 aromatic heterocycles. The SMILES string of the molecule is Cc1cccc2c1OC(C)(C)C(S)C2. The highest BCUT2D eigenvalue weighted by molar-refractivity contribution is 7.81. The lowest BCUT2D eigenvalue weighted by Gasteiger charge is -2.38. The molecule has 1 nitrogen and oxygen atoms in total. The second-order valence-electron chi connectivity index (χ2n) is 4.49. The molecular weight excluding hydrogens is 192 g/mol. The Labute approximate surface area is 90.9 Å². The Morgan fingerprint density at radius 3 is 2.86 bits per heavy atom. The number of thiol groups is 1. The van der Waals surface area contributed by atoms with Crippen LogP contribution in [0.2, 0.25) is 0 Å². The molecule has 76 valence electrons. The highest BCUT2D eigenvalue weighted by atomic mass is 32.1. The fraction of sp³-hybridized carbons (Fsp3) is 0.500. The summed E-state index contributed by atoms with van der Waals surface area (Å²) in [6.45, 7) is 6.29. The van der Waals surface area contributed by atoms with Crippen molar-refractivity contribution in [1.29, 1.82) is 0 Å². The van der Waals surface area contributed by atoms with E-state index in [0.717, 1.165) is 12.2 Å². The molecule has 1 atom stereocenters. The quantitative estimate of drug-likeness (QED) is 0.645. The topological polar surface area (TPSA) is 9.23 Å². The molecule has 1 unspecified atom stereocenters. The highest BCUT2D eigenvalue weighted by Gasteiger charge is 2.34. The summed E-state index contributed by atoms with van der Waals surface area (Å²) in [4.78, 5) is 0. The van der Waals surface area contributed by atoms with Crippen molar-refractivity contribution in [3.63, 3.8) is 0 Å². The molecule has 0 fully saturated rings. The summed E-state index contributed by atoms with van der Waals surface area (Å²) in [6, 6.07) is 6.30. The van der Waals surface area contributed by atoms with Crippen LogP contribution in [0.3, 0.4) is 0 Å². The summed E-state index contributed by atoms with van der Waals surface area (Å²) < 4.78 is 5.99. The minimum absolute atomic E-state index is 0.164. The summed E-state index contributed by atoms with van der Waals surface area (Å²) in [5, 5.41) is 0.275. The maximum Gasteiger partial charge on any atom is 0.126 e. The van der Waals surface area contributed by atoms with Crippen molar-refractivity contribution in [2.24, 2.45) is 0 Å². The third-order valence-electron chi connectivity index (χ3n) is 2.87. The molecule has 1 aliphatic rings. The molecule has 1 aromatic rings. The molecular formula is C12H16OS. The van der Waals surface area contributed by atoms with Crippen LogP contribution in [0.5, 0.6) is 5.75 Å². The van der Waals surface area contributed by atoms with E-state index in [1.807, 2.05) is 0 Å². The lowest BCUT2D eigenvalue weighted by Crippen LogP contribution is -2.43. The third kappa shape index (κ3) is 1.52. The smallest absolute Gasteiger partial charge is 0.126 e. The van der Waals surface area contributed by atoms with Crippen LogP contribution in [0.15, 0.2) is 18.2 Å². The van der Waals surface area contributed by atoms with Crippen molar-refractivity contribution < 1.29 is 4.74 Å². The van der Waals surface area contributed by atoms with Gasteiger partial charge in [0.15, 0.2) is 0 Å².